The highest BCUT2D eigenvalue weighted by Crippen LogP contribution is 2.35. The Bertz CT molecular complexity index is 951. The molecule has 0 fully saturated rings. The molecule has 0 amide bonds. The van der Waals surface area contributed by atoms with Gasteiger partial charge in [-0.1, -0.05) is 0 Å². The number of hydrogen-bond acceptors (Lipinski definition) is 3. The van der Waals surface area contributed by atoms with Crippen molar-refractivity contribution in [1.29, 1.82) is 0 Å². The quantitative estimate of drug-likeness (QED) is 0.636. The van der Waals surface area contributed by atoms with Crippen LogP contribution in [0.3, 0.4) is 0 Å². The Hall–Kier alpha value is -2.52. The topological polar surface area (TPSA) is 48.0 Å². The average molecular weight is 336 g/mol. The molecule has 0 radical (unpaired) electrons. The van der Waals surface area contributed by atoms with Crippen LogP contribution >= 0.6 is 0 Å². The lowest BCUT2D eigenvalue weighted by molar-refractivity contribution is -0.160. The van der Waals surface area contributed by atoms with Crippen molar-refractivity contribution in [2.75, 3.05) is 0 Å². The molecule has 0 saturated heterocycles. The van der Waals surface area contributed by atoms with E-state index in [2.05, 4.69) is 4.98 Å². The van der Waals surface area contributed by atoms with Gasteiger partial charge in [-0.25, -0.2) is 4.98 Å². The first kappa shape index (κ1) is 15.4. The average Bonchev–Trinajstić information content (AvgIpc) is 2.76. The molecule has 2 aromatic heterocycles. The highest BCUT2D eigenvalue weighted by Gasteiger charge is 2.41. The van der Waals surface area contributed by atoms with E-state index in [0.29, 0.717) is 0 Å². The molecule has 10 heteroatoms. The Kier molecular flexibility index (Phi) is 3.17. The fourth-order valence-corrected chi connectivity index (χ4v) is 2.29. The van der Waals surface area contributed by atoms with Crippen LogP contribution in [0.15, 0.2) is 33.7 Å². The summed E-state index contributed by atoms with van der Waals surface area (Å²) in [5, 5.41) is -0.0645. The van der Waals surface area contributed by atoms with Crippen LogP contribution in [0.4, 0.5) is 26.3 Å². The van der Waals surface area contributed by atoms with Crippen molar-refractivity contribution in [1.82, 2.24) is 9.55 Å². The first-order chi connectivity index (χ1) is 10.6. The van der Waals surface area contributed by atoms with Gasteiger partial charge < -0.3 is 8.98 Å². The van der Waals surface area contributed by atoms with Gasteiger partial charge in [0.25, 0.3) is 0 Å². The normalized spacial score (nSPS) is 13.1. The molecular weight excluding hydrogens is 330 g/mol. The van der Waals surface area contributed by atoms with Crippen LogP contribution in [0.5, 0.6) is 0 Å². The summed E-state index contributed by atoms with van der Waals surface area (Å²) < 4.78 is 81.8. The Morgan fingerprint density at radius 2 is 1.78 bits per heavy atom. The number of imidazole rings is 1. The van der Waals surface area contributed by atoms with E-state index in [0.717, 1.165) is 24.5 Å². The molecule has 0 aliphatic rings. The molecule has 0 atom stereocenters. The van der Waals surface area contributed by atoms with Crippen LogP contribution in [0.1, 0.15) is 5.82 Å². The maximum absolute atomic E-state index is 13.0. The lowest BCUT2D eigenvalue weighted by Crippen LogP contribution is -2.23. The minimum atomic E-state index is -5.09. The monoisotopic (exact) mass is 336 g/mol. The number of fused-ring (bicyclic) bond motifs is 3. The van der Waals surface area contributed by atoms with Crippen LogP contribution in [-0.4, -0.2) is 15.7 Å². The van der Waals surface area contributed by atoms with E-state index < -0.39 is 41.2 Å². The first-order valence-electron chi connectivity index (χ1n) is 6.12. The van der Waals surface area contributed by atoms with E-state index in [4.69, 9.17) is 4.42 Å². The zero-order chi connectivity index (χ0) is 17.0. The summed E-state index contributed by atoms with van der Waals surface area (Å²) in [5.74, 6) is -1.70. The largest absolute Gasteiger partial charge is 0.462 e. The Morgan fingerprint density at radius 3 is 2.39 bits per heavy atom. The highest BCUT2D eigenvalue weighted by atomic mass is 19.4. The SMILES string of the molecule is O=c1ccoc2c1ccc1c2nc(C(F)(F)F)n1CC(F)(F)F. The van der Waals surface area contributed by atoms with Crippen molar-refractivity contribution in [3.05, 3.63) is 40.5 Å². The number of hydrogen-bond donors (Lipinski definition) is 0. The first-order valence-corrected chi connectivity index (χ1v) is 6.12. The fourth-order valence-electron chi connectivity index (χ4n) is 2.29. The molecule has 0 spiro atoms. The van der Waals surface area contributed by atoms with E-state index in [9.17, 15) is 31.1 Å². The molecule has 0 saturated carbocycles. The van der Waals surface area contributed by atoms with Gasteiger partial charge in [0.1, 0.15) is 12.1 Å². The fraction of sp³-hybridized carbons (Fsp3) is 0.231. The van der Waals surface area contributed by atoms with E-state index in [1.54, 1.807) is 0 Å². The minimum absolute atomic E-state index is 0.0156. The highest BCUT2D eigenvalue weighted by molar-refractivity contribution is 6.00. The maximum atomic E-state index is 13.0. The van der Waals surface area contributed by atoms with Gasteiger partial charge in [0.15, 0.2) is 11.0 Å². The second-order valence-corrected chi connectivity index (χ2v) is 4.73. The predicted octanol–water partition coefficient (Wildman–Crippen LogP) is 3.72. The summed E-state index contributed by atoms with van der Waals surface area (Å²) in [6.07, 6.45) is -9.02. The lowest BCUT2D eigenvalue weighted by atomic mass is 10.2. The van der Waals surface area contributed by atoms with E-state index in [-0.39, 0.29) is 15.5 Å². The molecule has 2 heterocycles. The van der Waals surface area contributed by atoms with Crippen molar-refractivity contribution >= 4 is 22.0 Å². The molecule has 0 N–H and O–H groups in total. The molecular formula is C13H6F6N2O2. The molecule has 4 nitrogen and oxygen atoms in total. The van der Waals surface area contributed by atoms with E-state index in [1.165, 1.54) is 0 Å². The van der Waals surface area contributed by atoms with E-state index >= 15 is 0 Å². The van der Waals surface area contributed by atoms with Crippen molar-refractivity contribution in [2.24, 2.45) is 0 Å². The van der Waals surface area contributed by atoms with Crippen molar-refractivity contribution in [2.45, 2.75) is 18.9 Å². The number of alkyl halides is 6. The van der Waals surface area contributed by atoms with Gasteiger partial charge in [-0.05, 0) is 12.1 Å². The van der Waals surface area contributed by atoms with E-state index in [1.807, 2.05) is 0 Å². The maximum Gasteiger partial charge on any atom is 0.449 e. The van der Waals surface area contributed by atoms with Gasteiger partial charge in [-0.15, -0.1) is 0 Å². The molecule has 122 valence electrons. The number of halogens is 6. The number of rotatable bonds is 1. The second-order valence-electron chi connectivity index (χ2n) is 4.73. The van der Waals surface area contributed by atoms with Gasteiger partial charge in [-0.2, -0.15) is 26.3 Å². The van der Waals surface area contributed by atoms with Gasteiger partial charge in [0.2, 0.25) is 5.82 Å². The molecule has 1 aromatic carbocycles. The molecule has 3 rings (SSSR count). The molecule has 0 unspecified atom stereocenters. The van der Waals surface area contributed by atoms with Crippen LogP contribution < -0.4 is 5.43 Å². The molecule has 0 aliphatic carbocycles. The van der Waals surface area contributed by atoms with Crippen molar-refractivity contribution in [3.8, 4) is 0 Å². The molecule has 0 bridgehead atoms. The minimum Gasteiger partial charge on any atom is -0.462 e. The zero-order valence-electron chi connectivity index (χ0n) is 11.0. The summed E-state index contributed by atoms with van der Waals surface area (Å²) in [6.45, 7) is -1.86. The number of nitrogens with zero attached hydrogens (tertiary/aromatic N) is 2. The Labute approximate surface area is 122 Å². The third-order valence-electron chi connectivity index (χ3n) is 3.14. The third kappa shape index (κ3) is 2.64. The molecule has 3 aromatic rings. The zero-order valence-corrected chi connectivity index (χ0v) is 11.0. The van der Waals surface area contributed by atoms with Crippen molar-refractivity contribution in [3.63, 3.8) is 0 Å². The number of aromatic nitrogens is 2. The second kappa shape index (κ2) is 4.74. The summed E-state index contributed by atoms with van der Waals surface area (Å²) in [6, 6.07) is 3.15. The number of benzene rings is 1. The van der Waals surface area contributed by atoms with Gasteiger partial charge in [0, 0.05) is 6.07 Å². The van der Waals surface area contributed by atoms with Crippen molar-refractivity contribution < 1.29 is 30.8 Å². The summed E-state index contributed by atoms with van der Waals surface area (Å²) in [4.78, 5) is 14.9. The van der Waals surface area contributed by atoms with Gasteiger partial charge in [0.05, 0.1) is 17.2 Å². The molecule has 0 aliphatic heterocycles. The smallest absolute Gasteiger partial charge is 0.449 e. The summed E-state index contributed by atoms with van der Waals surface area (Å²) >= 11 is 0. The van der Waals surface area contributed by atoms with Crippen LogP contribution in [0.2, 0.25) is 0 Å². The third-order valence-corrected chi connectivity index (χ3v) is 3.14. The summed E-state index contributed by atoms with van der Waals surface area (Å²) in [7, 11) is 0. The van der Waals surface area contributed by atoms with Crippen LogP contribution in [0, 0.1) is 0 Å². The Balaban J connectivity index is 2.42. The standard InChI is InChI=1S/C13H6F6N2O2/c14-12(15,16)5-21-7-2-1-6-8(22)3-4-23-10(6)9(7)20-11(21)13(17,18)19/h1-4H,5H2. The van der Waals surface area contributed by atoms with Gasteiger partial charge >= 0.3 is 12.4 Å². The predicted molar refractivity (Wildman–Crippen MR) is 66.8 cm³/mol. The summed E-state index contributed by atoms with van der Waals surface area (Å²) in [5.41, 5.74) is -1.69. The molecule has 23 heavy (non-hydrogen) atoms. The lowest BCUT2D eigenvalue weighted by Gasteiger charge is -2.13. The van der Waals surface area contributed by atoms with Crippen LogP contribution in [-0.2, 0) is 12.7 Å². The van der Waals surface area contributed by atoms with Gasteiger partial charge in [-0.3, -0.25) is 4.79 Å². The Morgan fingerprint density at radius 1 is 1.09 bits per heavy atom. The van der Waals surface area contributed by atoms with Crippen LogP contribution in [0.25, 0.3) is 22.0 Å².